The lowest BCUT2D eigenvalue weighted by Gasteiger charge is -2.13. The number of H-pyrrole nitrogens is 1. The van der Waals surface area contributed by atoms with Crippen molar-refractivity contribution in [2.24, 2.45) is 0 Å². The first-order chi connectivity index (χ1) is 9.13. The van der Waals surface area contributed by atoms with E-state index in [1.165, 1.54) is 0 Å². The minimum absolute atomic E-state index is 0.183. The number of likely N-dealkylation sites (N-methyl/N-ethyl adjacent to an activating group) is 1. The Bertz CT molecular complexity index is 604. The number of aromatic amines is 1. The molecule has 3 N–H and O–H groups in total. The fraction of sp³-hybridized carbons (Fsp3) is 0.286. The molecule has 0 aliphatic heterocycles. The van der Waals surface area contributed by atoms with Crippen LogP contribution in [-0.4, -0.2) is 29.4 Å². The van der Waals surface area contributed by atoms with Gasteiger partial charge in [0.2, 0.25) is 5.91 Å². The first kappa shape index (κ1) is 13.1. The zero-order chi connectivity index (χ0) is 13.8. The van der Waals surface area contributed by atoms with Crippen LogP contribution in [0, 0.1) is 0 Å². The summed E-state index contributed by atoms with van der Waals surface area (Å²) in [6.45, 7) is 4.06. The van der Waals surface area contributed by atoms with Crippen LogP contribution in [0.5, 0.6) is 0 Å². The Balaban J connectivity index is 2.16. The number of aromatic nitrogens is 1. The van der Waals surface area contributed by atoms with E-state index >= 15 is 0 Å². The van der Waals surface area contributed by atoms with Gasteiger partial charge in [-0.25, -0.2) is 0 Å². The van der Waals surface area contributed by atoms with Gasteiger partial charge in [-0.3, -0.25) is 9.59 Å². The van der Waals surface area contributed by atoms with Crippen molar-refractivity contribution in [3.05, 3.63) is 36.0 Å². The minimum atomic E-state index is -0.554. The summed E-state index contributed by atoms with van der Waals surface area (Å²) in [7, 11) is 0. The van der Waals surface area contributed by atoms with Gasteiger partial charge in [0.05, 0.1) is 0 Å². The number of amides is 2. The summed E-state index contributed by atoms with van der Waals surface area (Å²) < 4.78 is 0. The summed E-state index contributed by atoms with van der Waals surface area (Å²) in [6.07, 6.45) is 1.79. The van der Waals surface area contributed by atoms with Crippen LogP contribution in [0.4, 0.5) is 0 Å². The van der Waals surface area contributed by atoms with Crippen molar-refractivity contribution in [2.45, 2.75) is 19.9 Å². The summed E-state index contributed by atoms with van der Waals surface area (Å²) in [4.78, 5) is 26.8. The van der Waals surface area contributed by atoms with E-state index in [0.29, 0.717) is 12.1 Å². The van der Waals surface area contributed by atoms with Gasteiger partial charge in [0, 0.05) is 29.2 Å². The van der Waals surface area contributed by atoms with Gasteiger partial charge in [0.1, 0.15) is 6.04 Å². The number of fused-ring (bicyclic) bond motifs is 1. The lowest BCUT2D eigenvalue weighted by atomic mass is 10.1. The molecule has 1 atom stereocenters. The van der Waals surface area contributed by atoms with Crippen LogP contribution in [0.1, 0.15) is 24.2 Å². The largest absolute Gasteiger partial charge is 0.361 e. The van der Waals surface area contributed by atoms with E-state index in [4.69, 9.17) is 0 Å². The minimum Gasteiger partial charge on any atom is -0.361 e. The standard InChI is InChI=1S/C14H17N3O2/c1-3-15-13(18)9(2)17-14(19)11-5-4-6-12-10(11)7-8-16-12/h4-9,16H,3H2,1-2H3,(H,15,18)(H,17,19). The molecule has 0 saturated carbocycles. The monoisotopic (exact) mass is 259 g/mol. The molecule has 0 fully saturated rings. The number of nitrogens with one attached hydrogen (secondary N) is 3. The molecule has 0 saturated heterocycles. The number of carbonyl (C=O) groups is 2. The van der Waals surface area contributed by atoms with Crippen LogP contribution in [0.25, 0.3) is 10.9 Å². The maximum absolute atomic E-state index is 12.2. The van der Waals surface area contributed by atoms with Crippen LogP contribution in [-0.2, 0) is 4.79 Å². The van der Waals surface area contributed by atoms with E-state index < -0.39 is 6.04 Å². The van der Waals surface area contributed by atoms with Gasteiger partial charge in [-0.15, -0.1) is 0 Å². The van der Waals surface area contributed by atoms with Crippen molar-refractivity contribution in [1.29, 1.82) is 0 Å². The average Bonchev–Trinajstić information content (AvgIpc) is 2.86. The molecule has 1 heterocycles. The van der Waals surface area contributed by atoms with Crippen molar-refractivity contribution >= 4 is 22.7 Å². The van der Waals surface area contributed by atoms with Crippen molar-refractivity contribution in [3.8, 4) is 0 Å². The summed E-state index contributed by atoms with van der Waals surface area (Å²) in [5, 5.41) is 6.22. The molecule has 5 heteroatoms. The third-order valence-electron chi connectivity index (χ3n) is 2.93. The molecule has 1 aromatic heterocycles. The summed E-state index contributed by atoms with van der Waals surface area (Å²) in [5.74, 6) is -0.430. The lowest BCUT2D eigenvalue weighted by Crippen LogP contribution is -2.44. The molecule has 0 aliphatic carbocycles. The second-order valence-corrected chi connectivity index (χ2v) is 4.33. The van der Waals surface area contributed by atoms with Crippen molar-refractivity contribution in [1.82, 2.24) is 15.6 Å². The van der Waals surface area contributed by atoms with Crippen LogP contribution < -0.4 is 10.6 Å². The first-order valence-corrected chi connectivity index (χ1v) is 6.28. The predicted molar refractivity (Wildman–Crippen MR) is 73.9 cm³/mol. The van der Waals surface area contributed by atoms with Gasteiger partial charge in [0.25, 0.3) is 5.91 Å². The Morgan fingerprint density at radius 1 is 1.32 bits per heavy atom. The molecule has 0 aliphatic rings. The van der Waals surface area contributed by atoms with Gasteiger partial charge < -0.3 is 15.6 Å². The highest BCUT2D eigenvalue weighted by Crippen LogP contribution is 2.17. The molecule has 0 spiro atoms. The molecule has 2 amide bonds. The van der Waals surface area contributed by atoms with Gasteiger partial charge in [0.15, 0.2) is 0 Å². The molecule has 19 heavy (non-hydrogen) atoms. The van der Waals surface area contributed by atoms with Crippen molar-refractivity contribution < 1.29 is 9.59 Å². The Morgan fingerprint density at radius 3 is 2.84 bits per heavy atom. The molecule has 0 radical (unpaired) electrons. The molecular weight excluding hydrogens is 242 g/mol. The second kappa shape index (κ2) is 5.56. The molecule has 5 nitrogen and oxygen atoms in total. The van der Waals surface area contributed by atoms with Crippen molar-refractivity contribution in [2.75, 3.05) is 6.54 Å². The third kappa shape index (κ3) is 2.76. The van der Waals surface area contributed by atoms with Gasteiger partial charge in [-0.1, -0.05) is 6.07 Å². The highest BCUT2D eigenvalue weighted by atomic mass is 16.2. The fourth-order valence-electron chi connectivity index (χ4n) is 1.95. The number of benzene rings is 1. The van der Waals surface area contributed by atoms with Crippen LogP contribution in [0.15, 0.2) is 30.5 Å². The Morgan fingerprint density at radius 2 is 2.11 bits per heavy atom. The molecule has 100 valence electrons. The SMILES string of the molecule is CCNC(=O)C(C)NC(=O)c1cccc2[nH]ccc12. The zero-order valence-electron chi connectivity index (χ0n) is 11.0. The highest BCUT2D eigenvalue weighted by molar-refractivity contribution is 6.07. The van der Waals surface area contributed by atoms with Gasteiger partial charge >= 0.3 is 0 Å². The Labute approximate surface area is 111 Å². The molecule has 0 bridgehead atoms. The normalized spacial score (nSPS) is 12.1. The number of hydrogen-bond donors (Lipinski definition) is 3. The molecule has 2 aromatic rings. The smallest absolute Gasteiger partial charge is 0.252 e. The zero-order valence-corrected chi connectivity index (χ0v) is 11.0. The molecule has 1 unspecified atom stereocenters. The van der Waals surface area contributed by atoms with E-state index in [2.05, 4.69) is 15.6 Å². The number of carbonyl (C=O) groups excluding carboxylic acids is 2. The number of rotatable bonds is 4. The van der Waals surface area contributed by atoms with Crippen molar-refractivity contribution in [3.63, 3.8) is 0 Å². The quantitative estimate of drug-likeness (QED) is 0.777. The maximum atomic E-state index is 12.2. The van der Waals surface area contributed by atoms with Gasteiger partial charge in [-0.2, -0.15) is 0 Å². The second-order valence-electron chi connectivity index (χ2n) is 4.33. The Kier molecular flexibility index (Phi) is 3.85. The van der Waals surface area contributed by atoms with E-state index in [9.17, 15) is 9.59 Å². The molecular formula is C14H17N3O2. The third-order valence-corrected chi connectivity index (χ3v) is 2.93. The van der Waals surface area contributed by atoms with Gasteiger partial charge in [-0.05, 0) is 32.0 Å². The van der Waals surface area contributed by atoms with E-state index in [1.807, 2.05) is 25.1 Å². The Hall–Kier alpha value is -2.30. The van der Waals surface area contributed by atoms with E-state index in [0.717, 1.165) is 10.9 Å². The van der Waals surface area contributed by atoms with Crippen LogP contribution >= 0.6 is 0 Å². The molecule has 2 rings (SSSR count). The van der Waals surface area contributed by atoms with Crippen LogP contribution in [0.2, 0.25) is 0 Å². The summed E-state index contributed by atoms with van der Waals surface area (Å²) >= 11 is 0. The summed E-state index contributed by atoms with van der Waals surface area (Å²) in [5.41, 5.74) is 1.47. The molecule has 1 aromatic carbocycles. The maximum Gasteiger partial charge on any atom is 0.252 e. The number of hydrogen-bond acceptors (Lipinski definition) is 2. The first-order valence-electron chi connectivity index (χ1n) is 6.28. The fourth-order valence-corrected chi connectivity index (χ4v) is 1.95. The highest BCUT2D eigenvalue weighted by Gasteiger charge is 2.17. The van der Waals surface area contributed by atoms with E-state index in [-0.39, 0.29) is 11.8 Å². The van der Waals surface area contributed by atoms with E-state index in [1.54, 1.807) is 19.2 Å². The lowest BCUT2D eigenvalue weighted by molar-refractivity contribution is -0.122. The topological polar surface area (TPSA) is 74.0 Å². The van der Waals surface area contributed by atoms with Crippen LogP contribution in [0.3, 0.4) is 0 Å². The predicted octanol–water partition coefficient (Wildman–Crippen LogP) is 1.42. The average molecular weight is 259 g/mol. The summed E-state index contributed by atoms with van der Waals surface area (Å²) in [6, 6.07) is 6.75.